The van der Waals surface area contributed by atoms with E-state index < -0.39 is 0 Å². The molecule has 2 aromatic rings. The van der Waals surface area contributed by atoms with Crippen LogP contribution in [-0.4, -0.2) is 40.5 Å². The van der Waals surface area contributed by atoms with Gasteiger partial charge in [0.2, 0.25) is 0 Å². The third-order valence-corrected chi connectivity index (χ3v) is 5.12. The average molecular weight is 292 g/mol. The highest BCUT2D eigenvalue weighted by Crippen LogP contribution is 2.20. The van der Waals surface area contributed by atoms with E-state index in [-0.39, 0.29) is 0 Å². The van der Waals surface area contributed by atoms with E-state index in [4.69, 9.17) is 0 Å². The number of nitrogens with zero attached hydrogens (tertiary/aromatic N) is 3. The average Bonchev–Trinajstić information content (AvgIpc) is 2.96. The van der Waals surface area contributed by atoms with Gasteiger partial charge in [-0.05, 0) is 39.8 Å². The number of hydrogen-bond acceptors (Lipinski definition) is 4. The normalized spacial score (nSPS) is 17.1. The fraction of sp³-hybridized carbons (Fsp3) is 0.667. The molecule has 0 radical (unpaired) electrons. The van der Waals surface area contributed by atoms with E-state index in [2.05, 4.69) is 38.8 Å². The zero-order chi connectivity index (χ0) is 13.9. The lowest BCUT2D eigenvalue weighted by atomic mass is 10.1. The maximum absolute atomic E-state index is 4.63. The fourth-order valence-corrected chi connectivity index (χ4v) is 3.93. The molecule has 20 heavy (non-hydrogen) atoms. The Morgan fingerprint density at radius 3 is 2.85 bits per heavy atom. The summed E-state index contributed by atoms with van der Waals surface area (Å²) in [5.41, 5.74) is 3.77. The van der Waals surface area contributed by atoms with Crippen LogP contribution in [0.15, 0.2) is 5.38 Å². The van der Waals surface area contributed by atoms with E-state index >= 15 is 0 Å². The van der Waals surface area contributed by atoms with Crippen molar-refractivity contribution in [1.82, 2.24) is 19.6 Å². The highest BCUT2D eigenvalue weighted by Gasteiger charge is 2.12. The van der Waals surface area contributed by atoms with Gasteiger partial charge in [-0.15, -0.1) is 11.3 Å². The monoisotopic (exact) mass is 292 g/mol. The van der Waals surface area contributed by atoms with Gasteiger partial charge in [-0.2, -0.15) is 0 Å². The van der Waals surface area contributed by atoms with Gasteiger partial charge in [0.15, 0.2) is 4.96 Å². The van der Waals surface area contributed by atoms with Crippen molar-refractivity contribution < 1.29 is 0 Å². The maximum Gasteiger partial charge on any atom is 0.194 e. The van der Waals surface area contributed by atoms with Crippen LogP contribution in [0.2, 0.25) is 0 Å². The third-order valence-electron chi connectivity index (χ3n) is 4.18. The molecule has 1 N–H and O–H groups in total. The molecule has 0 aliphatic carbocycles. The first-order valence-electron chi connectivity index (χ1n) is 7.61. The lowest BCUT2D eigenvalue weighted by Crippen LogP contribution is -2.35. The number of thiazole rings is 1. The molecule has 3 rings (SSSR count). The summed E-state index contributed by atoms with van der Waals surface area (Å²) in [6.45, 7) is 9.98. The summed E-state index contributed by atoms with van der Waals surface area (Å²) < 4.78 is 2.29. The predicted octanol–water partition coefficient (Wildman–Crippen LogP) is 2.59. The number of hydrogen-bond donors (Lipinski definition) is 1. The summed E-state index contributed by atoms with van der Waals surface area (Å²) in [7, 11) is 0. The van der Waals surface area contributed by atoms with Crippen molar-refractivity contribution in [3.05, 3.63) is 22.5 Å². The van der Waals surface area contributed by atoms with E-state index in [1.54, 1.807) is 11.3 Å². The number of fused-ring (bicyclic) bond motifs is 1. The van der Waals surface area contributed by atoms with Crippen LogP contribution < -0.4 is 5.32 Å². The SMILES string of the molecule is Cc1nc2scc(C)n2c1CNCCN1CCCCC1. The van der Waals surface area contributed by atoms with Crippen molar-refractivity contribution in [3.8, 4) is 0 Å². The van der Waals surface area contributed by atoms with Crippen molar-refractivity contribution in [1.29, 1.82) is 0 Å². The number of aromatic nitrogens is 2. The van der Waals surface area contributed by atoms with Crippen molar-refractivity contribution in [3.63, 3.8) is 0 Å². The van der Waals surface area contributed by atoms with E-state index in [1.807, 2.05) is 0 Å². The van der Waals surface area contributed by atoms with E-state index in [1.165, 1.54) is 50.3 Å². The van der Waals surface area contributed by atoms with Crippen LogP contribution in [0, 0.1) is 13.8 Å². The molecule has 3 heterocycles. The van der Waals surface area contributed by atoms with Crippen LogP contribution in [0.4, 0.5) is 0 Å². The van der Waals surface area contributed by atoms with Gasteiger partial charge >= 0.3 is 0 Å². The first kappa shape index (κ1) is 14.0. The molecule has 5 heteroatoms. The van der Waals surface area contributed by atoms with Gasteiger partial charge in [-0.3, -0.25) is 4.40 Å². The largest absolute Gasteiger partial charge is 0.310 e. The molecule has 2 aromatic heterocycles. The van der Waals surface area contributed by atoms with Gasteiger partial charge < -0.3 is 10.2 Å². The number of nitrogens with one attached hydrogen (secondary N) is 1. The van der Waals surface area contributed by atoms with Gasteiger partial charge in [0.1, 0.15) is 0 Å². The molecule has 0 saturated carbocycles. The lowest BCUT2D eigenvalue weighted by Gasteiger charge is -2.26. The molecule has 0 spiro atoms. The van der Waals surface area contributed by atoms with Crippen LogP contribution in [0.3, 0.4) is 0 Å². The molecule has 0 unspecified atom stereocenters. The number of likely N-dealkylation sites (tertiary alicyclic amines) is 1. The second kappa shape index (κ2) is 6.24. The van der Waals surface area contributed by atoms with Crippen LogP contribution in [0.5, 0.6) is 0 Å². The molecule has 1 aliphatic rings. The molecule has 110 valence electrons. The van der Waals surface area contributed by atoms with E-state index in [9.17, 15) is 0 Å². The molecule has 4 nitrogen and oxygen atoms in total. The number of rotatable bonds is 5. The van der Waals surface area contributed by atoms with Crippen molar-refractivity contribution >= 4 is 16.3 Å². The van der Waals surface area contributed by atoms with Gasteiger partial charge in [-0.1, -0.05) is 6.42 Å². The third kappa shape index (κ3) is 2.90. The highest BCUT2D eigenvalue weighted by molar-refractivity contribution is 7.15. The topological polar surface area (TPSA) is 32.6 Å². The van der Waals surface area contributed by atoms with Crippen LogP contribution in [0.1, 0.15) is 36.3 Å². The minimum absolute atomic E-state index is 0.915. The molecule has 0 atom stereocenters. The highest BCUT2D eigenvalue weighted by atomic mass is 32.1. The Hall–Kier alpha value is -0.910. The van der Waals surface area contributed by atoms with E-state index in [0.717, 1.165) is 23.7 Å². The Kier molecular flexibility index (Phi) is 4.38. The van der Waals surface area contributed by atoms with E-state index in [0.29, 0.717) is 0 Å². The Labute approximate surface area is 124 Å². The summed E-state index contributed by atoms with van der Waals surface area (Å²) in [6, 6.07) is 0. The Morgan fingerprint density at radius 2 is 2.05 bits per heavy atom. The predicted molar refractivity (Wildman–Crippen MR) is 84.5 cm³/mol. The first-order valence-corrected chi connectivity index (χ1v) is 8.49. The second-order valence-corrected chi connectivity index (χ2v) is 6.55. The van der Waals surface area contributed by atoms with Gasteiger partial charge in [-0.25, -0.2) is 4.98 Å². The van der Waals surface area contributed by atoms with Crippen molar-refractivity contribution in [2.24, 2.45) is 0 Å². The zero-order valence-corrected chi connectivity index (χ0v) is 13.3. The number of piperidine rings is 1. The summed E-state index contributed by atoms with van der Waals surface area (Å²) in [6.07, 6.45) is 4.15. The lowest BCUT2D eigenvalue weighted by molar-refractivity contribution is 0.229. The summed E-state index contributed by atoms with van der Waals surface area (Å²) in [5, 5.41) is 5.77. The summed E-state index contributed by atoms with van der Waals surface area (Å²) >= 11 is 1.73. The molecular weight excluding hydrogens is 268 g/mol. The minimum Gasteiger partial charge on any atom is -0.310 e. The Morgan fingerprint density at radius 1 is 1.25 bits per heavy atom. The molecule has 1 aliphatic heterocycles. The minimum atomic E-state index is 0.915. The quantitative estimate of drug-likeness (QED) is 0.860. The molecular formula is C15H24N4S. The van der Waals surface area contributed by atoms with Gasteiger partial charge in [0.25, 0.3) is 0 Å². The van der Waals surface area contributed by atoms with Crippen LogP contribution in [-0.2, 0) is 6.54 Å². The maximum atomic E-state index is 4.63. The molecule has 0 amide bonds. The number of aryl methyl sites for hydroxylation is 2. The van der Waals surface area contributed by atoms with Gasteiger partial charge in [0, 0.05) is 30.7 Å². The summed E-state index contributed by atoms with van der Waals surface area (Å²) in [5.74, 6) is 0. The molecule has 1 fully saturated rings. The van der Waals surface area contributed by atoms with Crippen LogP contribution >= 0.6 is 11.3 Å². The van der Waals surface area contributed by atoms with Crippen molar-refractivity contribution in [2.45, 2.75) is 39.7 Å². The summed E-state index contributed by atoms with van der Waals surface area (Å²) in [4.78, 5) is 8.33. The van der Waals surface area contributed by atoms with Gasteiger partial charge in [0.05, 0.1) is 11.4 Å². The molecule has 0 bridgehead atoms. The second-order valence-electron chi connectivity index (χ2n) is 5.72. The fourth-order valence-electron chi connectivity index (χ4n) is 3.00. The smallest absolute Gasteiger partial charge is 0.194 e. The number of imidazole rings is 1. The molecule has 1 saturated heterocycles. The van der Waals surface area contributed by atoms with Crippen molar-refractivity contribution in [2.75, 3.05) is 26.2 Å². The standard InChI is InChI=1S/C15H24N4S/c1-12-11-20-15-17-13(2)14(19(12)15)10-16-6-9-18-7-4-3-5-8-18/h11,16H,3-10H2,1-2H3. The van der Waals surface area contributed by atoms with Crippen LogP contribution in [0.25, 0.3) is 4.96 Å². The Balaban J connectivity index is 1.54. The zero-order valence-electron chi connectivity index (χ0n) is 12.5. The molecule has 0 aromatic carbocycles. The first-order chi connectivity index (χ1) is 9.75. The Bertz CT molecular complexity index is 566.